The lowest BCUT2D eigenvalue weighted by Crippen LogP contribution is -2.29. The molecule has 0 saturated heterocycles. The quantitative estimate of drug-likeness (QED) is 0.0264. The molecule has 548 valence electrons. The lowest BCUT2D eigenvalue weighted by Gasteiger charge is -2.19. The molecule has 3 N–H and O–H groups in total. The molecule has 0 aliphatic heterocycles. The second-order valence-corrected chi connectivity index (χ2v) is 28.0. The molecule has 0 radical (unpaired) electrons. The van der Waals surface area contributed by atoms with Crippen LogP contribution in [0.15, 0.2) is 122 Å². The van der Waals surface area contributed by atoms with Crippen molar-refractivity contribution in [2.45, 2.75) is 380 Å². The minimum absolute atomic E-state index is 0.0525. The van der Waals surface area contributed by atoms with Crippen LogP contribution in [-0.4, -0.2) is 49.3 Å². The van der Waals surface area contributed by atoms with E-state index in [2.05, 4.69) is 135 Å². The third-order valence-corrected chi connectivity index (χ3v) is 18.3. The molecule has 2 atom stereocenters. The highest BCUT2D eigenvalue weighted by Gasteiger charge is 2.26. The van der Waals surface area contributed by atoms with E-state index < -0.39 is 26.5 Å². The summed E-state index contributed by atoms with van der Waals surface area (Å²) >= 11 is 0. The zero-order valence-electron chi connectivity index (χ0n) is 61.9. The van der Waals surface area contributed by atoms with Crippen molar-refractivity contribution in [2.24, 2.45) is 5.73 Å². The molecule has 0 aromatic carbocycles. The van der Waals surface area contributed by atoms with Gasteiger partial charge in [0, 0.05) is 19.4 Å². The first kappa shape index (κ1) is 91.4. The molecule has 0 fully saturated rings. The third-order valence-electron chi connectivity index (χ3n) is 17.3. The van der Waals surface area contributed by atoms with Crippen molar-refractivity contribution in [2.75, 3.05) is 26.4 Å². The number of hydrogen-bond donors (Lipinski definition) is 2. The van der Waals surface area contributed by atoms with Crippen LogP contribution in [0, 0.1) is 0 Å². The van der Waals surface area contributed by atoms with Crippen molar-refractivity contribution < 1.29 is 37.6 Å². The molecule has 0 heterocycles. The Hall–Kier alpha value is -3.59. The summed E-state index contributed by atoms with van der Waals surface area (Å²) in [4.78, 5) is 35.5. The second kappa shape index (κ2) is 79.4. The van der Waals surface area contributed by atoms with Crippen LogP contribution in [0.4, 0.5) is 0 Å². The zero-order chi connectivity index (χ0) is 68.6. The third kappa shape index (κ3) is 79.3. The van der Waals surface area contributed by atoms with Gasteiger partial charge < -0.3 is 20.1 Å². The largest absolute Gasteiger partial charge is 0.472 e. The van der Waals surface area contributed by atoms with E-state index in [9.17, 15) is 19.0 Å². The van der Waals surface area contributed by atoms with E-state index in [4.69, 9.17) is 24.3 Å². The van der Waals surface area contributed by atoms with Gasteiger partial charge in [-0.1, -0.05) is 379 Å². The maximum atomic E-state index is 12.8. The Morgan fingerprint density at radius 1 is 0.316 bits per heavy atom. The molecular weight excluding hydrogens is 1190 g/mol. The van der Waals surface area contributed by atoms with Gasteiger partial charge in [0.15, 0.2) is 6.10 Å². The predicted molar refractivity (Wildman–Crippen MR) is 413 cm³/mol. The maximum absolute atomic E-state index is 12.8. The van der Waals surface area contributed by atoms with Crippen molar-refractivity contribution >= 4 is 19.8 Å². The normalized spacial score (nSPS) is 13.5. The minimum Gasteiger partial charge on any atom is -0.462 e. The highest BCUT2D eigenvalue weighted by Crippen LogP contribution is 2.43. The molecule has 0 amide bonds. The molecular formula is C85H150NO8P. The van der Waals surface area contributed by atoms with Crippen molar-refractivity contribution in [3.8, 4) is 0 Å². The van der Waals surface area contributed by atoms with E-state index >= 15 is 0 Å². The van der Waals surface area contributed by atoms with Crippen LogP contribution in [0.25, 0.3) is 0 Å². The first-order valence-electron chi connectivity index (χ1n) is 40.0. The van der Waals surface area contributed by atoms with E-state index in [1.807, 2.05) is 0 Å². The average Bonchev–Trinajstić information content (AvgIpc) is 3.16. The first-order valence-corrected chi connectivity index (χ1v) is 41.5. The summed E-state index contributed by atoms with van der Waals surface area (Å²) in [5.74, 6) is -0.811. The van der Waals surface area contributed by atoms with Crippen molar-refractivity contribution in [1.29, 1.82) is 0 Å². The molecule has 0 bridgehead atoms. The van der Waals surface area contributed by atoms with Crippen molar-refractivity contribution in [3.05, 3.63) is 122 Å². The van der Waals surface area contributed by atoms with Crippen LogP contribution >= 0.6 is 7.82 Å². The fourth-order valence-electron chi connectivity index (χ4n) is 11.5. The Balaban J connectivity index is 3.78. The summed E-state index contributed by atoms with van der Waals surface area (Å²) < 4.78 is 33.3. The van der Waals surface area contributed by atoms with Gasteiger partial charge in [0.1, 0.15) is 6.61 Å². The molecule has 0 rings (SSSR count). The number of carbonyl (C=O) groups is 2. The Morgan fingerprint density at radius 3 is 0.811 bits per heavy atom. The van der Waals surface area contributed by atoms with Gasteiger partial charge in [0.2, 0.25) is 0 Å². The van der Waals surface area contributed by atoms with Crippen molar-refractivity contribution in [3.63, 3.8) is 0 Å². The van der Waals surface area contributed by atoms with Crippen LogP contribution in [0.5, 0.6) is 0 Å². The topological polar surface area (TPSA) is 134 Å². The fourth-order valence-corrected chi connectivity index (χ4v) is 12.3. The van der Waals surface area contributed by atoms with Crippen molar-refractivity contribution in [1.82, 2.24) is 0 Å². The van der Waals surface area contributed by atoms with Crippen LogP contribution < -0.4 is 5.73 Å². The number of allylic oxidation sites excluding steroid dienone is 20. The molecule has 0 spiro atoms. The minimum atomic E-state index is -4.40. The first-order chi connectivity index (χ1) is 46.8. The van der Waals surface area contributed by atoms with Gasteiger partial charge in [-0.3, -0.25) is 18.6 Å². The summed E-state index contributed by atoms with van der Waals surface area (Å²) in [7, 11) is -4.40. The molecule has 0 aromatic heterocycles. The number of nitrogens with two attached hydrogens (primary N) is 1. The monoisotopic (exact) mass is 1340 g/mol. The lowest BCUT2D eigenvalue weighted by atomic mass is 10.0. The van der Waals surface area contributed by atoms with Gasteiger partial charge in [-0.15, -0.1) is 0 Å². The van der Waals surface area contributed by atoms with E-state index in [0.29, 0.717) is 6.42 Å². The van der Waals surface area contributed by atoms with Crippen LogP contribution in [0.2, 0.25) is 0 Å². The van der Waals surface area contributed by atoms with Gasteiger partial charge in [0.25, 0.3) is 0 Å². The molecule has 0 aliphatic rings. The summed E-state index contributed by atoms with van der Waals surface area (Å²) in [5, 5.41) is 0. The molecule has 9 nitrogen and oxygen atoms in total. The van der Waals surface area contributed by atoms with Gasteiger partial charge in [-0.05, 0) is 103 Å². The van der Waals surface area contributed by atoms with E-state index in [-0.39, 0.29) is 38.6 Å². The van der Waals surface area contributed by atoms with E-state index in [0.717, 1.165) is 103 Å². The number of ether oxygens (including phenoxy) is 2. The number of unbranched alkanes of at least 4 members (excludes halogenated alkanes) is 42. The number of esters is 2. The molecule has 0 aliphatic carbocycles. The molecule has 0 aromatic rings. The molecule has 95 heavy (non-hydrogen) atoms. The summed E-state index contributed by atoms with van der Waals surface area (Å²) in [5.41, 5.74) is 5.42. The SMILES string of the molecule is CC/C=C\C/C=C\C/C=C\C/C=C\C/C=C\C/C=C\CCCCCCCCCCCCCCCCCCCCCCC(=O)OC(COC(=O)CCCCCCCCCCCCCCCCCCCCCCCC/C=C\C/C=C\C/C=C\C/C=C\CC)COP(=O)(O)OCCN. The molecule has 0 saturated carbocycles. The van der Waals surface area contributed by atoms with Crippen LogP contribution in [0.3, 0.4) is 0 Å². The smallest absolute Gasteiger partial charge is 0.462 e. The fraction of sp³-hybridized carbons (Fsp3) is 0.741. The zero-order valence-corrected chi connectivity index (χ0v) is 62.8. The Labute approximate surface area is 587 Å². The average molecular weight is 1350 g/mol. The van der Waals surface area contributed by atoms with Crippen LogP contribution in [0.1, 0.15) is 373 Å². The Morgan fingerprint density at radius 2 is 0.547 bits per heavy atom. The number of hydrogen-bond acceptors (Lipinski definition) is 8. The van der Waals surface area contributed by atoms with Crippen LogP contribution in [-0.2, 0) is 32.7 Å². The number of carbonyl (C=O) groups excluding carboxylic acids is 2. The Bertz CT molecular complexity index is 1980. The highest BCUT2D eigenvalue weighted by molar-refractivity contribution is 7.47. The summed E-state index contributed by atoms with van der Waals surface area (Å²) in [6.07, 6.45) is 112. The molecule has 2 unspecified atom stereocenters. The Kier molecular flexibility index (Phi) is 76.4. The van der Waals surface area contributed by atoms with Gasteiger partial charge in [-0.2, -0.15) is 0 Å². The lowest BCUT2D eigenvalue weighted by molar-refractivity contribution is -0.161. The molecule has 10 heteroatoms. The number of phosphoric ester groups is 1. The van der Waals surface area contributed by atoms with Gasteiger partial charge in [0.05, 0.1) is 13.2 Å². The maximum Gasteiger partial charge on any atom is 0.472 e. The van der Waals surface area contributed by atoms with E-state index in [1.54, 1.807) is 0 Å². The summed E-state index contributed by atoms with van der Waals surface area (Å²) in [6, 6.07) is 0. The summed E-state index contributed by atoms with van der Waals surface area (Å²) in [6.45, 7) is 3.57. The highest BCUT2D eigenvalue weighted by atomic mass is 31.2. The standard InChI is InChI=1S/C85H150NO8P/c1-3-5-7-9-11-13-15-17-19-21-23-25-27-29-31-33-35-37-39-40-41-42-44-46-48-50-52-54-56-58-60-62-64-66-68-70-72-74-76-78-85(88)94-83(82-93-95(89,90)92-80-79-86)81-91-84(87)77-75-73-71-69-67-65-63-61-59-57-55-53-51-49-47-45-43-38-36-34-32-30-28-26-24-22-20-18-16-14-12-10-8-6-4-2/h5-8,11-14,17-20,23-26,29,31,35,37,83H,3-4,9-10,15-16,21-22,27-28,30,32-34,36,38-82,86H2,1-2H3,(H,89,90)/b7-5-,8-6-,13-11-,14-12-,19-17-,20-18-,25-23-,26-24-,31-29-,37-35-. The number of phosphoric acid groups is 1. The van der Waals surface area contributed by atoms with E-state index in [1.165, 1.54) is 238 Å². The predicted octanol–water partition coefficient (Wildman–Crippen LogP) is 27.0. The van der Waals surface area contributed by atoms with Gasteiger partial charge >= 0.3 is 19.8 Å². The number of rotatable bonds is 75. The van der Waals surface area contributed by atoms with Gasteiger partial charge in [-0.25, -0.2) is 4.57 Å². The second-order valence-electron chi connectivity index (χ2n) is 26.5.